The van der Waals surface area contributed by atoms with Crippen molar-refractivity contribution in [1.82, 2.24) is 19.4 Å². The molecule has 0 radical (unpaired) electrons. The predicted molar refractivity (Wildman–Crippen MR) is 142 cm³/mol. The standard InChI is InChI=1S/C29H39N5O/c1-2-3-15-30-28-31-20-25-26(21-34(27(25)32-28)24-7-5-4-6-8-24)22-9-11-23(12-10-22)29(13-14-29)33-16-18-35-19-17-33/h9-12,20-21,24H,2-8,13-19H2,1H3,(H,30,31,32). The Morgan fingerprint density at radius 3 is 2.54 bits per heavy atom. The van der Waals surface area contributed by atoms with E-state index in [9.17, 15) is 0 Å². The van der Waals surface area contributed by atoms with Crippen molar-refractivity contribution < 1.29 is 4.74 Å². The highest BCUT2D eigenvalue weighted by Crippen LogP contribution is 2.51. The van der Waals surface area contributed by atoms with Crippen molar-refractivity contribution in [2.45, 2.75) is 76.3 Å². The number of anilines is 1. The molecule has 0 atom stereocenters. The van der Waals surface area contributed by atoms with Crippen LogP contribution in [0.25, 0.3) is 22.2 Å². The van der Waals surface area contributed by atoms with Crippen molar-refractivity contribution in [3.8, 4) is 11.1 Å². The van der Waals surface area contributed by atoms with Gasteiger partial charge in [-0.25, -0.2) is 4.98 Å². The number of ether oxygens (including phenoxy) is 1. The number of aromatic nitrogens is 3. The number of hydrogen-bond donors (Lipinski definition) is 1. The van der Waals surface area contributed by atoms with Crippen LogP contribution in [-0.4, -0.2) is 52.3 Å². The summed E-state index contributed by atoms with van der Waals surface area (Å²) in [7, 11) is 0. The molecule has 1 aromatic carbocycles. The summed E-state index contributed by atoms with van der Waals surface area (Å²) in [6.07, 6.45) is 15.7. The normalized spacial score (nSPS) is 20.8. The van der Waals surface area contributed by atoms with Crippen LogP contribution in [0.3, 0.4) is 0 Å². The highest BCUT2D eigenvalue weighted by molar-refractivity contribution is 5.94. The fraction of sp³-hybridized carbons (Fsp3) is 0.586. The van der Waals surface area contributed by atoms with Crippen molar-refractivity contribution in [3.63, 3.8) is 0 Å². The molecule has 186 valence electrons. The molecule has 0 spiro atoms. The number of hydrogen-bond acceptors (Lipinski definition) is 5. The van der Waals surface area contributed by atoms with Crippen LogP contribution in [0.15, 0.2) is 36.7 Å². The molecule has 35 heavy (non-hydrogen) atoms. The van der Waals surface area contributed by atoms with Gasteiger partial charge in [-0.15, -0.1) is 0 Å². The molecule has 2 aromatic heterocycles. The van der Waals surface area contributed by atoms with E-state index >= 15 is 0 Å². The summed E-state index contributed by atoms with van der Waals surface area (Å²) in [5.74, 6) is 0.754. The molecular weight excluding hydrogens is 434 g/mol. The second kappa shape index (κ2) is 9.90. The van der Waals surface area contributed by atoms with Gasteiger partial charge in [0.25, 0.3) is 0 Å². The summed E-state index contributed by atoms with van der Waals surface area (Å²) in [6, 6.07) is 9.91. The van der Waals surface area contributed by atoms with Crippen LogP contribution in [0.1, 0.15) is 76.3 Å². The monoisotopic (exact) mass is 473 g/mol. The fourth-order valence-corrected chi connectivity index (χ4v) is 6.22. The lowest BCUT2D eigenvalue weighted by Crippen LogP contribution is -2.43. The molecule has 3 heterocycles. The number of fused-ring (bicyclic) bond motifs is 1. The Kier molecular flexibility index (Phi) is 6.50. The van der Waals surface area contributed by atoms with Crippen LogP contribution in [0.2, 0.25) is 0 Å². The van der Waals surface area contributed by atoms with Gasteiger partial charge in [0.2, 0.25) is 5.95 Å². The lowest BCUT2D eigenvalue weighted by Gasteiger charge is -2.35. The van der Waals surface area contributed by atoms with Crippen LogP contribution in [0.5, 0.6) is 0 Å². The van der Waals surface area contributed by atoms with E-state index < -0.39 is 0 Å². The van der Waals surface area contributed by atoms with Gasteiger partial charge in [0.1, 0.15) is 5.65 Å². The van der Waals surface area contributed by atoms with Crippen LogP contribution in [-0.2, 0) is 10.3 Å². The maximum atomic E-state index is 5.60. The van der Waals surface area contributed by atoms with Crippen LogP contribution in [0.4, 0.5) is 5.95 Å². The maximum absolute atomic E-state index is 5.60. The van der Waals surface area contributed by atoms with Crippen LogP contribution >= 0.6 is 0 Å². The number of nitrogens with one attached hydrogen (secondary N) is 1. The van der Waals surface area contributed by atoms with E-state index in [1.807, 2.05) is 6.20 Å². The molecular formula is C29H39N5O. The van der Waals surface area contributed by atoms with Gasteiger partial charge in [0.15, 0.2) is 0 Å². The molecule has 1 saturated heterocycles. The Morgan fingerprint density at radius 1 is 1.06 bits per heavy atom. The van der Waals surface area contributed by atoms with E-state index in [1.54, 1.807) is 0 Å². The lowest BCUT2D eigenvalue weighted by atomic mass is 9.95. The molecule has 3 aromatic rings. The third-order valence-corrected chi connectivity index (χ3v) is 8.43. The molecule has 0 unspecified atom stereocenters. The predicted octanol–water partition coefficient (Wildman–Crippen LogP) is 6.14. The van der Waals surface area contributed by atoms with Gasteiger partial charge in [-0.3, -0.25) is 4.90 Å². The number of benzene rings is 1. The Labute approximate surface area is 209 Å². The Morgan fingerprint density at radius 2 is 1.83 bits per heavy atom. The first-order valence-corrected chi connectivity index (χ1v) is 13.8. The van der Waals surface area contributed by atoms with Gasteiger partial charge in [0, 0.05) is 54.6 Å². The third-order valence-electron chi connectivity index (χ3n) is 8.43. The van der Waals surface area contributed by atoms with E-state index in [2.05, 4.69) is 52.2 Å². The SMILES string of the molecule is CCCCNc1ncc2c(-c3ccc(C4(N5CCOCC5)CC4)cc3)cn(C3CCCCC3)c2n1. The minimum atomic E-state index is 0.237. The number of unbranched alkanes of at least 4 members (excludes halogenated alkanes) is 1. The smallest absolute Gasteiger partial charge is 0.224 e. The van der Waals surface area contributed by atoms with Crippen molar-refractivity contribution >= 4 is 17.0 Å². The Bertz CT molecular complexity index is 1140. The summed E-state index contributed by atoms with van der Waals surface area (Å²) in [5, 5.41) is 4.60. The van der Waals surface area contributed by atoms with Gasteiger partial charge in [0.05, 0.1) is 13.2 Å². The average Bonchev–Trinajstić information content (AvgIpc) is 3.65. The van der Waals surface area contributed by atoms with Crippen LogP contribution < -0.4 is 5.32 Å². The molecule has 6 heteroatoms. The molecule has 3 fully saturated rings. The van der Waals surface area contributed by atoms with Crippen molar-refractivity contribution in [1.29, 1.82) is 0 Å². The van der Waals surface area contributed by atoms with Crippen LogP contribution in [0, 0.1) is 0 Å². The zero-order valence-electron chi connectivity index (χ0n) is 21.1. The molecule has 3 aliphatic rings. The Balaban J connectivity index is 1.33. The van der Waals surface area contributed by atoms with Crippen molar-refractivity contribution in [3.05, 3.63) is 42.2 Å². The second-order valence-electron chi connectivity index (χ2n) is 10.7. The zero-order chi connectivity index (χ0) is 23.7. The van der Waals surface area contributed by atoms with E-state index in [0.29, 0.717) is 6.04 Å². The third kappa shape index (κ3) is 4.47. The number of rotatable bonds is 8. The van der Waals surface area contributed by atoms with Gasteiger partial charge in [-0.2, -0.15) is 4.98 Å². The summed E-state index contributed by atoms with van der Waals surface area (Å²) in [4.78, 5) is 12.4. The minimum Gasteiger partial charge on any atom is -0.379 e. The first-order chi connectivity index (χ1) is 17.3. The first kappa shape index (κ1) is 23.0. The Hall–Kier alpha value is -2.44. The second-order valence-corrected chi connectivity index (χ2v) is 10.7. The topological polar surface area (TPSA) is 55.2 Å². The number of nitrogens with zero attached hydrogens (tertiary/aromatic N) is 4. The fourth-order valence-electron chi connectivity index (χ4n) is 6.22. The van der Waals surface area contributed by atoms with Crippen molar-refractivity contribution in [2.24, 2.45) is 0 Å². The largest absolute Gasteiger partial charge is 0.379 e. The van der Waals surface area contributed by atoms with Gasteiger partial charge >= 0.3 is 0 Å². The van der Waals surface area contributed by atoms with Crippen molar-refractivity contribution in [2.75, 3.05) is 38.2 Å². The molecule has 0 bridgehead atoms. The molecule has 1 N–H and O–H groups in total. The average molecular weight is 474 g/mol. The summed E-state index contributed by atoms with van der Waals surface area (Å²) in [6.45, 7) is 6.94. The molecule has 6 nitrogen and oxygen atoms in total. The summed E-state index contributed by atoms with van der Waals surface area (Å²) < 4.78 is 8.06. The summed E-state index contributed by atoms with van der Waals surface area (Å²) >= 11 is 0. The highest BCUT2D eigenvalue weighted by Gasteiger charge is 2.49. The summed E-state index contributed by atoms with van der Waals surface area (Å²) in [5.41, 5.74) is 5.30. The maximum Gasteiger partial charge on any atom is 0.224 e. The van der Waals surface area contributed by atoms with Gasteiger partial charge < -0.3 is 14.6 Å². The molecule has 1 aliphatic heterocycles. The quantitative estimate of drug-likeness (QED) is 0.399. The van der Waals surface area contributed by atoms with E-state index in [4.69, 9.17) is 14.7 Å². The molecule has 0 amide bonds. The minimum absolute atomic E-state index is 0.237. The molecule has 2 saturated carbocycles. The van der Waals surface area contributed by atoms with E-state index in [-0.39, 0.29) is 5.54 Å². The van der Waals surface area contributed by atoms with E-state index in [0.717, 1.165) is 50.9 Å². The molecule has 6 rings (SSSR count). The highest BCUT2D eigenvalue weighted by atomic mass is 16.5. The van der Waals surface area contributed by atoms with E-state index in [1.165, 1.54) is 73.4 Å². The van der Waals surface area contributed by atoms with Gasteiger partial charge in [-0.1, -0.05) is 56.9 Å². The molecule has 2 aliphatic carbocycles. The zero-order valence-corrected chi connectivity index (χ0v) is 21.1. The lowest BCUT2D eigenvalue weighted by molar-refractivity contribution is 0.00835. The first-order valence-electron chi connectivity index (χ1n) is 13.8. The van der Waals surface area contributed by atoms with Gasteiger partial charge in [-0.05, 0) is 43.2 Å². The number of morpholine rings is 1.